The summed E-state index contributed by atoms with van der Waals surface area (Å²) < 4.78 is 0. The molecule has 0 aromatic carbocycles. The number of nitrogens with one attached hydrogen (secondary N) is 3. The predicted molar refractivity (Wildman–Crippen MR) is 78.6 cm³/mol. The highest BCUT2D eigenvalue weighted by atomic mass is 16.2. The number of carbonyl (C=O) groups excluding carboxylic acids is 2. The van der Waals surface area contributed by atoms with Crippen molar-refractivity contribution in [3.63, 3.8) is 0 Å². The Bertz CT molecular complexity index is 460. The summed E-state index contributed by atoms with van der Waals surface area (Å²) in [5, 5.41) is 8.56. The highest BCUT2D eigenvalue weighted by Crippen LogP contribution is 2.07. The smallest absolute Gasteiger partial charge is 0.269 e. The van der Waals surface area contributed by atoms with Crippen LogP contribution >= 0.6 is 0 Å². The number of amides is 2. The Hall–Kier alpha value is -2.11. The molecule has 1 aromatic rings. The number of hydrogen-bond donors (Lipinski definition) is 3. The molecule has 0 aliphatic heterocycles. The van der Waals surface area contributed by atoms with Gasteiger partial charge in [-0.15, -0.1) is 0 Å². The number of nitrogens with zero attached hydrogens (tertiary/aromatic N) is 1. The van der Waals surface area contributed by atoms with E-state index in [-0.39, 0.29) is 24.3 Å². The minimum atomic E-state index is -0.276. The quantitative estimate of drug-likeness (QED) is 0.699. The zero-order valence-electron chi connectivity index (χ0n) is 12.2. The Labute approximate surface area is 119 Å². The van der Waals surface area contributed by atoms with Gasteiger partial charge in [0.25, 0.3) is 5.91 Å². The largest absolute Gasteiger partial charge is 0.385 e. The average molecular weight is 278 g/mol. The van der Waals surface area contributed by atoms with Gasteiger partial charge in [-0.3, -0.25) is 14.6 Å². The molecule has 1 heterocycles. The van der Waals surface area contributed by atoms with Gasteiger partial charge >= 0.3 is 0 Å². The zero-order chi connectivity index (χ0) is 15.0. The molecule has 2 amide bonds. The van der Waals surface area contributed by atoms with E-state index in [0.717, 1.165) is 12.2 Å². The summed E-state index contributed by atoms with van der Waals surface area (Å²) in [6, 6.07) is 3.60. The van der Waals surface area contributed by atoms with Crippen LogP contribution in [0.4, 0.5) is 5.69 Å². The van der Waals surface area contributed by atoms with E-state index < -0.39 is 0 Å². The van der Waals surface area contributed by atoms with E-state index in [0.29, 0.717) is 12.2 Å². The first-order valence-corrected chi connectivity index (χ1v) is 6.80. The van der Waals surface area contributed by atoms with Gasteiger partial charge in [0.15, 0.2) is 0 Å². The number of aromatic nitrogens is 1. The number of anilines is 1. The first-order chi connectivity index (χ1) is 9.52. The average Bonchev–Trinajstić information content (AvgIpc) is 2.38. The highest BCUT2D eigenvalue weighted by Gasteiger charge is 2.09. The summed E-state index contributed by atoms with van der Waals surface area (Å²) >= 11 is 0. The molecule has 1 rings (SSSR count). The number of hydrogen-bond acceptors (Lipinski definition) is 4. The minimum absolute atomic E-state index is 0.0744. The number of carbonyl (C=O) groups is 2. The van der Waals surface area contributed by atoms with Crippen LogP contribution in [0.3, 0.4) is 0 Å². The topological polar surface area (TPSA) is 83.1 Å². The third-order valence-corrected chi connectivity index (χ3v) is 2.46. The number of pyridine rings is 1. The molecule has 0 saturated heterocycles. The third kappa shape index (κ3) is 5.69. The summed E-state index contributed by atoms with van der Waals surface area (Å²) in [5.74, 6) is -0.350. The standard InChI is InChI=1S/C14H22N4O2/c1-4-15-11-5-7-16-12(9-11)14(20)17-8-6-13(19)18-10(2)3/h5,7,9-10H,4,6,8H2,1-3H3,(H,15,16)(H,17,20)(H,18,19). The second-order valence-electron chi connectivity index (χ2n) is 4.69. The molecule has 110 valence electrons. The van der Waals surface area contributed by atoms with Gasteiger partial charge in [-0.2, -0.15) is 0 Å². The van der Waals surface area contributed by atoms with Crippen molar-refractivity contribution in [1.82, 2.24) is 15.6 Å². The molecule has 0 fully saturated rings. The molecule has 20 heavy (non-hydrogen) atoms. The van der Waals surface area contributed by atoms with Crippen LogP contribution in [-0.2, 0) is 4.79 Å². The van der Waals surface area contributed by atoms with Crippen molar-refractivity contribution in [2.45, 2.75) is 33.2 Å². The van der Waals surface area contributed by atoms with Gasteiger partial charge in [0.05, 0.1) is 0 Å². The molecule has 1 aromatic heterocycles. The Balaban J connectivity index is 2.43. The SMILES string of the molecule is CCNc1ccnc(C(=O)NCCC(=O)NC(C)C)c1. The Morgan fingerprint density at radius 2 is 2.10 bits per heavy atom. The van der Waals surface area contributed by atoms with Crippen LogP contribution in [0.25, 0.3) is 0 Å². The van der Waals surface area contributed by atoms with E-state index in [4.69, 9.17) is 0 Å². The maximum absolute atomic E-state index is 11.9. The van der Waals surface area contributed by atoms with E-state index in [1.807, 2.05) is 20.8 Å². The molecular formula is C14H22N4O2. The molecule has 3 N–H and O–H groups in total. The van der Waals surface area contributed by atoms with Gasteiger partial charge in [-0.25, -0.2) is 0 Å². The third-order valence-electron chi connectivity index (χ3n) is 2.46. The van der Waals surface area contributed by atoms with Crippen LogP contribution in [0.2, 0.25) is 0 Å². The lowest BCUT2D eigenvalue weighted by molar-refractivity contribution is -0.121. The lowest BCUT2D eigenvalue weighted by atomic mass is 10.3. The zero-order valence-corrected chi connectivity index (χ0v) is 12.2. The van der Waals surface area contributed by atoms with Crippen molar-refractivity contribution in [2.24, 2.45) is 0 Å². The Morgan fingerprint density at radius 3 is 2.75 bits per heavy atom. The summed E-state index contributed by atoms with van der Waals surface area (Å²) in [5.41, 5.74) is 1.19. The van der Waals surface area contributed by atoms with Gasteiger partial charge in [0, 0.05) is 37.4 Å². The van der Waals surface area contributed by atoms with Gasteiger partial charge < -0.3 is 16.0 Å². The molecule has 0 spiro atoms. The van der Waals surface area contributed by atoms with Gasteiger partial charge in [0.1, 0.15) is 5.69 Å². The monoisotopic (exact) mass is 278 g/mol. The van der Waals surface area contributed by atoms with Crippen LogP contribution in [-0.4, -0.2) is 35.9 Å². The Kier molecular flexibility index (Phi) is 6.49. The van der Waals surface area contributed by atoms with Crippen LogP contribution in [0.5, 0.6) is 0 Å². The van der Waals surface area contributed by atoms with E-state index in [2.05, 4.69) is 20.9 Å². The molecule has 0 atom stereocenters. The second-order valence-corrected chi connectivity index (χ2v) is 4.69. The fourth-order valence-electron chi connectivity index (χ4n) is 1.64. The summed E-state index contributed by atoms with van der Waals surface area (Å²) in [6.07, 6.45) is 1.84. The van der Waals surface area contributed by atoms with Crippen molar-refractivity contribution in [3.05, 3.63) is 24.0 Å². The van der Waals surface area contributed by atoms with Crippen molar-refractivity contribution in [1.29, 1.82) is 0 Å². The van der Waals surface area contributed by atoms with Crippen molar-refractivity contribution < 1.29 is 9.59 Å². The van der Waals surface area contributed by atoms with Crippen molar-refractivity contribution in [3.8, 4) is 0 Å². The molecular weight excluding hydrogens is 256 g/mol. The molecule has 6 heteroatoms. The maximum Gasteiger partial charge on any atom is 0.269 e. The second kappa shape index (κ2) is 8.14. The molecule has 0 bridgehead atoms. The first-order valence-electron chi connectivity index (χ1n) is 6.80. The molecule has 0 unspecified atom stereocenters. The summed E-state index contributed by atoms with van der Waals surface area (Å²) in [7, 11) is 0. The minimum Gasteiger partial charge on any atom is -0.385 e. The lowest BCUT2D eigenvalue weighted by Crippen LogP contribution is -2.34. The van der Waals surface area contributed by atoms with Crippen molar-refractivity contribution >= 4 is 17.5 Å². The molecule has 0 radical (unpaired) electrons. The van der Waals surface area contributed by atoms with E-state index in [1.54, 1.807) is 18.3 Å². The normalized spacial score (nSPS) is 10.2. The van der Waals surface area contributed by atoms with Crippen molar-refractivity contribution in [2.75, 3.05) is 18.4 Å². The van der Waals surface area contributed by atoms with Crippen LogP contribution in [0, 0.1) is 0 Å². The van der Waals surface area contributed by atoms with Crippen LogP contribution < -0.4 is 16.0 Å². The highest BCUT2D eigenvalue weighted by molar-refractivity contribution is 5.93. The predicted octanol–water partition coefficient (Wildman–Crippen LogP) is 1.16. The Morgan fingerprint density at radius 1 is 1.35 bits per heavy atom. The van der Waals surface area contributed by atoms with E-state index in [9.17, 15) is 9.59 Å². The van der Waals surface area contributed by atoms with E-state index in [1.165, 1.54) is 0 Å². The maximum atomic E-state index is 11.9. The first kappa shape index (κ1) is 15.9. The fourth-order valence-corrected chi connectivity index (χ4v) is 1.64. The lowest BCUT2D eigenvalue weighted by Gasteiger charge is -2.09. The molecule has 0 aliphatic carbocycles. The molecule has 6 nitrogen and oxygen atoms in total. The number of rotatable bonds is 7. The molecule has 0 saturated carbocycles. The van der Waals surface area contributed by atoms with Gasteiger partial charge in [0.2, 0.25) is 5.91 Å². The van der Waals surface area contributed by atoms with E-state index >= 15 is 0 Å². The van der Waals surface area contributed by atoms with Crippen LogP contribution in [0.15, 0.2) is 18.3 Å². The van der Waals surface area contributed by atoms with Gasteiger partial charge in [-0.05, 0) is 32.9 Å². The van der Waals surface area contributed by atoms with Crippen LogP contribution in [0.1, 0.15) is 37.7 Å². The summed E-state index contributed by atoms with van der Waals surface area (Å²) in [4.78, 5) is 27.3. The summed E-state index contributed by atoms with van der Waals surface area (Å²) in [6.45, 7) is 6.84. The fraction of sp³-hybridized carbons (Fsp3) is 0.500. The van der Waals surface area contributed by atoms with Gasteiger partial charge in [-0.1, -0.05) is 0 Å². The molecule has 0 aliphatic rings.